The van der Waals surface area contributed by atoms with Crippen LogP contribution in [-0.2, 0) is 6.61 Å². The molecule has 84 valence electrons. The number of ether oxygens (including phenoxy) is 1. The molecule has 0 radical (unpaired) electrons. The topological polar surface area (TPSA) is 61.0 Å². The minimum Gasteiger partial charge on any atom is -0.485 e. The molecule has 0 bridgehead atoms. The van der Waals surface area contributed by atoms with E-state index in [0.717, 1.165) is 0 Å². The van der Waals surface area contributed by atoms with Crippen LogP contribution in [0.5, 0.6) is 5.75 Å². The zero-order valence-corrected chi connectivity index (χ0v) is 9.56. The summed E-state index contributed by atoms with van der Waals surface area (Å²) in [4.78, 5) is 0. The highest BCUT2D eigenvalue weighted by Crippen LogP contribution is 2.26. The first-order valence-electron chi connectivity index (χ1n) is 4.31. The van der Waals surface area contributed by atoms with E-state index in [0.29, 0.717) is 15.9 Å². The number of nitrogen functional groups attached to an aromatic ring is 1. The first-order chi connectivity index (χ1) is 7.65. The number of halogens is 2. The van der Waals surface area contributed by atoms with Gasteiger partial charge in [-0.2, -0.15) is 0 Å². The molecule has 0 unspecified atom stereocenters. The van der Waals surface area contributed by atoms with Gasteiger partial charge in [-0.15, -0.1) is 10.2 Å². The number of nitrogens with two attached hydrogens (primary N) is 1. The number of rotatable bonds is 3. The van der Waals surface area contributed by atoms with E-state index >= 15 is 0 Å². The lowest BCUT2D eigenvalue weighted by Gasteiger charge is -2.05. The summed E-state index contributed by atoms with van der Waals surface area (Å²) < 4.78 is 18.1. The van der Waals surface area contributed by atoms with Crippen molar-refractivity contribution in [3.63, 3.8) is 0 Å². The molecule has 0 aliphatic heterocycles. The van der Waals surface area contributed by atoms with Gasteiger partial charge in [0.15, 0.2) is 5.01 Å². The van der Waals surface area contributed by atoms with Crippen LogP contribution in [0, 0.1) is 5.82 Å². The predicted octanol–water partition coefficient (Wildman–Crippen LogP) is 2.49. The number of hydrogen-bond donors (Lipinski definition) is 1. The molecule has 2 N–H and O–H groups in total. The van der Waals surface area contributed by atoms with Crippen molar-refractivity contribution in [2.45, 2.75) is 6.61 Å². The molecule has 0 amide bonds. The number of aromatic nitrogens is 2. The third kappa shape index (κ3) is 2.59. The van der Waals surface area contributed by atoms with E-state index in [1.54, 1.807) is 0 Å². The van der Waals surface area contributed by atoms with Crippen LogP contribution in [0.15, 0.2) is 18.2 Å². The molecule has 7 heteroatoms. The first-order valence-corrected chi connectivity index (χ1v) is 5.50. The van der Waals surface area contributed by atoms with Crippen LogP contribution < -0.4 is 10.5 Å². The molecule has 1 aromatic carbocycles. The molecule has 2 rings (SSSR count). The lowest BCUT2D eigenvalue weighted by molar-refractivity contribution is 0.304. The standard InChI is InChI=1S/C9H7ClFN3OS/c10-6-3-5(11)1-2-7(6)15-4-8-13-14-9(12)16-8/h1-3H,4H2,(H2,12,14). The molecule has 0 aliphatic carbocycles. The number of nitrogens with zero attached hydrogens (tertiary/aromatic N) is 2. The first kappa shape index (κ1) is 11.1. The highest BCUT2D eigenvalue weighted by Gasteiger charge is 2.06. The third-order valence-electron chi connectivity index (χ3n) is 1.73. The largest absolute Gasteiger partial charge is 0.485 e. The lowest BCUT2D eigenvalue weighted by Crippen LogP contribution is -1.95. The van der Waals surface area contributed by atoms with Crippen molar-refractivity contribution >= 4 is 28.1 Å². The molecule has 0 aliphatic rings. The molecule has 16 heavy (non-hydrogen) atoms. The van der Waals surface area contributed by atoms with Crippen LogP contribution in [0.25, 0.3) is 0 Å². The summed E-state index contributed by atoms with van der Waals surface area (Å²) in [5.74, 6) is -0.00523. The van der Waals surface area contributed by atoms with Crippen molar-refractivity contribution in [1.82, 2.24) is 10.2 Å². The van der Waals surface area contributed by atoms with Crippen molar-refractivity contribution in [2.75, 3.05) is 5.73 Å². The smallest absolute Gasteiger partial charge is 0.203 e. The molecule has 0 atom stereocenters. The second-order valence-corrected chi connectivity index (χ2v) is 4.40. The van der Waals surface area contributed by atoms with E-state index in [1.165, 1.54) is 29.5 Å². The van der Waals surface area contributed by atoms with Crippen molar-refractivity contribution in [1.29, 1.82) is 0 Å². The molecule has 2 aromatic rings. The van der Waals surface area contributed by atoms with Gasteiger partial charge in [0, 0.05) is 0 Å². The monoisotopic (exact) mass is 259 g/mol. The van der Waals surface area contributed by atoms with Crippen LogP contribution in [-0.4, -0.2) is 10.2 Å². The van der Waals surface area contributed by atoms with Gasteiger partial charge >= 0.3 is 0 Å². The Morgan fingerprint density at radius 2 is 2.25 bits per heavy atom. The normalized spacial score (nSPS) is 10.4. The van der Waals surface area contributed by atoms with E-state index in [2.05, 4.69) is 10.2 Å². The quantitative estimate of drug-likeness (QED) is 0.920. The highest BCUT2D eigenvalue weighted by atomic mass is 35.5. The lowest BCUT2D eigenvalue weighted by atomic mass is 10.3. The fraction of sp³-hybridized carbons (Fsp3) is 0.111. The summed E-state index contributed by atoms with van der Waals surface area (Å²) in [6, 6.07) is 3.92. The fourth-order valence-electron chi connectivity index (χ4n) is 1.06. The van der Waals surface area contributed by atoms with Crippen molar-refractivity contribution in [2.24, 2.45) is 0 Å². The van der Waals surface area contributed by atoms with Gasteiger partial charge in [0.2, 0.25) is 5.13 Å². The summed E-state index contributed by atoms with van der Waals surface area (Å²) >= 11 is 7.01. The summed E-state index contributed by atoms with van der Waals surface area (Å²) in [5, 5.41) is 8.65. The molecular formula is C9H7ClFN3OS. The fourth-order valence-corrected chi connectivity index (χ4v) is 1.80. The molecular weight excluding hydrogens is 253 g/mol. The Balaban J connectivity index is 2.04. The van der Waals surface area contributed by atoms with E-state index in [1.807, 2.05) is 0 Å². The van der Waals surface area contributed by atoms with Crippen LogP contribution in [0.4, 0.5) is 9.52 Å². The van der Waals surface area contributed by atoms with E-state index in [4.69, 9.17) is 22.1 Å². The summed E-state index contributed by atoms with van der Waals surface area (Å²) in [6.45, 7) is 0.209. The molecule has 1 aromatic heterocycles. The van der Waals surface area contributed by atoms with Crippen LogP contribution in [0.2, 0.25) is 5.02 Å². The molecule has 0 fully saturated rings. The van der Waals surface area contributed by atoms with E-state index in [9.17, 15) is 4.39 Å². The van der Waals surface area contributed by atoms with E-state index in [-0.39, 0.29) is 11.6 Å². The Morgan fingerprint density at radius 1 is 1.44 bits per heavy atom. The SMILES string of the molecule is Nc1nnc(COc2ccc(F)cc2Cl)s1. The van der Waals surface area contributed by atoms with Crippen LogP contribution in [0.3, 0.4) is 0 Å². The molecule has 1 heterocycles. The van der Waals surface area contributed by atoms with Gasteiger partial charge in [0.05, 0.1) is 5.02 Å². The Kier molecular flexibility index (Phi) is 3.21. The van der Waals surface area contributed by atoms with Gasteiger partial charge in [-0.05, 0) is 18.2 Å². The van der Waals surface area contributed by atoms with Gasteiger partial charge in [-0.25, -0.2) is 4.39 Å². The minimum atomic E-state index is -0.405. The molecule has 0 spiro atoms. The Bertz CT molecular complexity index is 505. The zero-order chi connectivity index (χ0) is 11.5. The second-order valence-electron chi connectivity index (χ2n) is 2.90. The Hall–Kier alpha value is -1.40. The summed E-state index contributed by atoms with van der Waals surface area (Å²) in [6.07, 6.45) is 0. The Morgan fingerprint density at radius 3 is 2.88 bits per heavy atom. The van der Waals surface area contributed by atoms with Crippen molar-refractivity contribution in [3.05, 3.63) is 34.0 Å². The molecule has 0 saturated heterocycles. The summed E-state index contributed by atoms with van der Waals surface area (Å²) in [5.41, 5.74) is 5.41. The Labute approximate surface area is 99.8 Å². The van der Waals surface area contributed by atoms with E-state index < -0.39 is 5.82 Å². The van der Waals surface area contributed by atoms with Gasteiger partial charge in [-0.3, -0.25) is 0 Å². The van der Waals surface area contributed by atoms with Crippen molar-refractivity contribution < 1.29 is 9.13 Å². The average molecular weight is 260 g/mol. The van der Waals surface area contributed by atoms with Gasteiger partial charge in [0.25, 0.3) is 0 Å². The average Bonchev–Trinajstić information content (AvgIpc) is 2.63. The van der Waals surface area contributed by atoms with Gasteiger partial charge in [-0.1, -0.05) is 22.9 Å². The van der Waals surface area contributed by atoms with Gasteiger partial charge in [0.1, 0.15) is 18.2 Å². The predicted molar refractivity (Wildman–Crippen MR) is 60.1 cm³/mol. The van der Waals surface area contributed by atoms with Crippen LogP contribution >= 0.6 is 22.9 Å². The highest BCUT2D eigenvalue weighted by molar-refractivity contribution is 7.15. The zero-order valence-electron chi connectivity index (χ0n) is 7.98. The maximum Gasteiger partial charge on any atom is 0.203 e. The maximum atomic E-state index is 12.7. The number of benzene rings is 1. The van der Waals surface area contributed by atoms with Gasteiger partial charge < -0.3 is 10.5 Å². The maximum absolute atomic E-state index is 12.7. The number of hydrogen-bond acceptors (Lipinski definition) is 5. The molecule has 4 nitrogen and oxygen atoms in total. The number of anilines is 1. The summed E-state index contributed by atoms with van der Waals surface area (Å²) in [7, 11) is 0. The molecule has 0 saturated carbocycles. The second kappa shape index (κ2) is 4.63. The third-order valence-corrected chi connectivity index (χ3v) is 2.75. The van der Waals surface area contributed by atoms with Crippen LogP contribution in [0.1, 0.15) is 5.01 Å². The van der Waals surface area contributed by atoms with Crippen molar-refractivity contribution in [3.8, 4) is 5.75 Å². The minimum absolute atomic E-state index is 0.209.